The zero-order valence-corrected chi connectivity index (χ0v) is 14.6. The van der Waals surface area contributed by atoms with E-state index in [-0.39, 0.29) is 12.3 Å². The van der Waals surface area contributed by atoms with E-state index in [1.54, 1.807) is 0 Å². The van der Waals surface area contributed by atoms with Crippen LogP contribution in [-0.4, -0.2) is 17.0 Å². The Morgan fingerprint density at radius 3 is 2.12 bits per heavy atom. The van der Waals surface area contributed by atoms with Crippen LogP contribution in [0.1, 0.15) is 36.8 Å². The van der Waals surface area contributed by atoms with Crippen molar-refractivity contribution in [3.05, 3.63) is 65.7 Å². The van der Waals surface area contributed by atoms with Crippen molar-refractivity contribution in [3.8, 4) is 0 Å². The fourth-order valence-electron chi connectivity index (χ4n) is 3.13. The van der Waals surface area contributed by atoms with Gasteiger partial charge in [-0.05, 0) is 36.1 Å². The second-order valence-electron chi connectivity index (χ2n) is 6.84. The minimum Gasteiger partial charge on any atom is -0.481 e. The number of hydrogen-bond donors (Lipinski definition) is 2. The van der Waals surface area contributed by atoms with Gasteiger partial charge in [-0.3, -0.25) is 9.59 Å². The first-order chi connectivity index (χ1) is 12.6. The molecule has 5 heteroatoms. The molecule has 2 aromatic carbocycles. The fourth-order valence-corrected chi connectivity index (χ4v) is 3.13. The number of carbonyl (C=O) groups excluding carboxylic acids is 1. The van der Waals surface area contributed by atoms with Crippen LogP contribution in [0.25, 0.3) is 0 Å². The molecule has 1 saturated carbocycles. The van der Waals surface area contributed by atoms with Gasteiger partial charge in [0, 0.05) is 12.1 Å². The third-order valence-electron chi connectivity index (χ3n) is 4.88. The van der Waals surface area contributed by atoms with Crippen molar-refractivity contribution in [2.45, 2.75) is 38.9 Å². The lowest BCUT2D eigenvalue weighted by molar-refractivity contribution is -0.157. The lowest BCUT2D eigenvalue weighted by Crippen LogP contribution is -2.41. The maximum atomic E-state index is 12.1. The molecule has 1 fully saturated rings. The second-order valence-corrected chi connectivity index (χ2v) is 6.84. The van der Waals surface area contributed by atoms with Crippen molar-refractivity contribution in [2.75, 3.05) is 5.32 Å². The van der Waals surface area contributed by atoms with Gasteiger partial charge in [-0.15, -0.1) is 0 Å². The van der Waals surface area contributed by atoms with Crippen LogP contribution in [0.2, 0.25) is 0 Å². The van der Waals surface area contributed by atoms with E-state index in [0.29, 0.717) is 31.7 Å². The SMILES string of the molecule is O=C(CC1(C(=O)O)CCC1)Nc1ccc(COCc2ccccc2)cc1. The first-order valence-corrected chi connectivity index (χ1v) is 8.81. The van der Waals surface area contributed by atoms with Gasteiger partial charge < -0.3 is 15.2 Å². The summed E-state index contributed by atoms with van der Waals surface area (Å²) < 4.78 is 5.69. The van der Waals surface area contributed by atoms with Gasteiger partial charge in [0.25, 0.3) is 0 Å². The molecule has 0 aromatic heterocycles. The van der Waals surface area contributed by atoms with E-state index < -0.39 is 11.4 Å². The zero-order valence-electron chi connectivity index (χ0n) is 14.6. The number of ether oxygens (including phenoxy) is 1. The number of amides is 1. The van der Waals surface area contributed by atoms with Crippen molar-refractivity contribution < 1.29 is 19.4 Å². The summed E-state index contributed by atoms with van der Waals surface area (Å²) in [5, 5.41) is 12.1. The standard InChI is InChI=1S/C21H23NO4/c23-19(13-21(20(24)25)11-4-12-21)22-18-9-7-17(8-10-18)15-26-14-16-5-2-1-3-6-16/h1-3,5-10H,4,11-15H2,(H,22,23)(H,24,25). The summed E-state index contributed by atoms with van der Waals surface area (Å²) in [6, 6.07) is 17.4. The van der Waals surface area contributed by atoms with E-state index in [1.807, 2.05) is 54.6 Å². The Morgan fingerprint density at radius 1 is 0.962 bits per heavy atom. The Balaban J connectivity index is 1.46. The maximum absolute atomic E-state index is 12.1. The zero-order chi connectivity index (χ0) is 18.4. The molecule has 3 rings (SSSR count). The number of rotatable bonds is 8. The molecule has 5 nitrogen and oxygen atoms in total. The molecule has 0 bridgehead atoms. The van der Waals surface area contributed by atoms with Crippen LogP contribution in [-0.2, 0) is 27.5 Å². The molecule has 0 spiro atoms. The molecule has 0 aliphatic heterocycles. The molecule has 26 heavy (non-hydrogen) atoms. The van der Waals surface area contributed by atoms with Gasteiger partial charge in [0.05, 0.1) is 18.6 Å². The average Bonchev–Trinajstić information content (AvgIpc) is 2.60. The van der Waals surface area contributed by atoms with Crippen LogP contribution >= 0.6 is 0 Å². The lowest BCUT2D eigenvalue weighted by Gasteiger charge is -2.36. The molecule has 0 saturated heterocycles. The van der Waals surface area contributed by atoms with Crippen LogP contribution in [0, 0.1) is 5.41 Å². The van der Waals surface area contributed by atoms with Crippen molar-refractivity contribution in [3.63, 3.8) is 0 Å². The minimum absolute atomic E-state index is 0.0320. The first-order valence-electron chi connectivity index (χ1n) is 8.81. The summed E-state index contributed by atoms with van der Waals surface area (Å²) >= 11 is 0. The van der Waals surface area contributed by atoms with Gasteiger partial charge in [0.15, 0.2) is 0 Å². The molecule has 0 unspecified atom stereocenters. The molecular formula is C21H23NO4. The van der Waals surface area contributed by atoms with Gasteiger partial charge in [-0.1, -0.05) is 48.9 Å². The minimum atomic E-state index is -0.871. The van der Waals surface area contributed by atoms with Crippen molar-refractivity contribution in [1.82, 2.24) is 0 Å². The number of carbonyl (C=O) groups is 2. The Morgan fingerprint density at radius 2 is 1.58 bits per heavy atom. The maximum Gasteiger partial charge on any atom is 0.310 e. The van der Waals surface area contributed by atoms with Gasteiger partial charge >= 0.3 is 5.97 Å². The predicted molar refractivity (Wildman–Crippen MR) is 98.5 cm³/mol. The van der Waals surface area contributed by atoms with E-state index in [0.717, 1.165) is 17.5 Å². The summed E-state index contributed by atoms with van der Waals surface area (Å²) in [5.41, 5.74) is 1.94. The van der Waals surface area contributed by atoms with E-state index >= 15 is 0 Å². The molecule has 1 aliphatic rings. The second kappa shape index (κ2) is 8.15. The highest BCUT2D eigenvalue weighted by Crippen LogP contribution is 2.44. The van der Waals surface area contributed by atoms with Crippen LogP contribution in [0.15, 0.2) is 54.6 Å². The van der Waals surface area contributed by atoms with E-state index in [1.165, 1.54) is 0 Å². The van der Waals surface area contributed by atoms with E-state index in [2.05, 4.69) is 5.32 Å². The Hall–Kier alpha value is -2.66. The van der Waals surface area contributed by atoms with Crippen LogP contribution < -0.4 is 5.32 Å². The molecule has 0 heterocycles. The van der Waals surface area contributed by atoms with E-state index in [9.17, 15) is 14.7 Å². The number of benzene rings is 2. The highest BCUT2D eigenvalue weighted by Gasteiger charge is 2.45. The molecule has 1 amide bonds. The molecule has 1 aliphatic carbocycles. The molecule has 2 aromatic rings. The smallest absolute Gasteiger partial charge is 0.310 e. The molecule has 136 valence electrons. The summed E-state index contributed by atoms with van der Waals surface area (Å²) in [6.45, 7) is 1.04. The number of carboxylic acid groups (broad SMARTS) is 1. The van der Waals surface area contributed by atoms with Gasteiger partial charge in [-0.25, -0.2) is 0 Å². The monoisotopic (exact) mass is 353 g/mol. The number of carboxylic acids is 1. The number of aliphatic carboxylic acids is 1. The number of nitrogens with one attached hydrogen (secondary N) is 1. The van der Waals surface area contributed by atoms with Crippen LogP contribution in [0.4, 0.5) is 5.69 Å². The molecular weight excluding hydrogens is 330 g/mol. The molecule has 0 radical (unpaired) electrons. The quantitative estimate of drug-likeness (QED) is 0.752. The highest BCUT2D eigenvalue weighted by atomic mass is 16.5. The third kappa shape index (κ3) is 4.49. The fraction of sp³-hybridized carbons (Fsp3) is 0.333. The first kappa shape index (κ1) is 18.1. The van der Waals surface area contributed by atoms with Gasteiger partial charge in [0.2, 0.25) is 5.91 Å². The summed E-state index contributed by atoms with van der Waals surface area (Å²) in [4.78, 5) is 23.5. The summed E-state index contributed by atoms with van der Waals surface area (Å²) in [7, 11) is 0. The third-order valence-corrected chi connectivity index (χ3v) is 4.88. The molecule has 0 atom stereocenters. The lowest BCUT2D eigenvalue weighted by atomic mass is 9.66. The number of anilines is 1. The Labute approximate surface area is 153 Å². The topological polar surface area (TPSA) is 75.6 Å². The van der Waals surface area contributed by atoms with Crippen LogP contribution in [0.3, 0.4) is 0 Å². The average molecular weight is 353 g/mol. The van der Waals surface area contributed by atoms with E-state index in [4.69, 9.17) is 4.74 Å². The Kier molecular flexibility index (Phi) is 5.68. The van der Waals surface area contributed by atoms with Gasteiger partial charge in [-0.2, -0.15) is 0 Å². The highest BCUT2D eigenvalue weighted by molar-refractivity contribution is 5.94. The van der Waals surface area contributed by atoms with Gasteiger partial charge in [0.1, 0.15) is 0 Å². The molecule has 2 N–H and O–H groups in total. The van der Waals surface area contributed by atoms with Crippen molar-refractivity contribution >= 4 is 17.6 Å². The predicted octanol–water partition coefficient (Wildman–Crippen LogP) is 3.99. The largest absolute Gasteiger partial charge is 0.481 e. The summed E-state index contributed by atoms with van der Waals surface area (Å²) in [6.07, 6.45) is 2.06. The Bertz CT molecular complexity index is 751. The summed E-state index contributed by atoms with van der Waals surface area (Å²) in [5.74, 6) is -1.12. The van der Waals surface area contributed by atoms with Crippen LogP contribution in [0.5, 0.6) is 0 Å². The number of hydrogen-bond acceptors (Lipinski definition) is 3. The van der Waals surface area contributed by atoms with Crippen molar-refractivity contribution in [2.24, 2.45) is 5.41 Å². The normalized spacial score (nSPS) is 15.1. The van der Waals surface area contributed by atoms with Crippen molar-refractivity contribution in [1.29, 1.82) is 0 Å².